The predicted octanol–water partition coefficient (Wildman–Crippen LogP) is 5.96. The minimum atomic E-state index is -0.547. The van der Waals surface area contributed by atoms with Crippen molar-refractivity contribution in [3.05, 3.63) is 69.2 Å². The van der Waals surface area contributed by atoms with Crippen LogP contribution < -0.4 is 5.32 Å². The molecule has 2 aromatic carbocycles. The van der Waals surface area contributed by atoms with Gasteiger partial charge in [-0.25, -0.2) is 0 Å². The Balaban J connectivity index is 2.23. The molecule has 0 saturated heterocycles. The Morgan fingerprint density at radius 1 is 0.968 bits per heavy atom. The van der Waals surface area contributed by atoms with Crippen molar-refractivity contribution >= 4 is 35.0 Å². The minimum absolute atomic E-state index is 0.0519. The number of aryl methyl sites for hydroxylation is 2. The van der Waals surface area contributed by atoms with Crippen molar-refractivity contribution in [3.8, 4) is 0 Å². The molecule has 4 nitrogen and oxygen atoms in total. The average molecular weight is 463 g/mol. The number of benzene rings is 2. The molecule has 2 amide bonds. The number of rotatable bonds is 10. The Morgan fingerprint density at radius 3 is 2.19 bits per heavy atom. The first-order chi connectivity index (χ1) is 14.7. The number of hydrogen-bond acceptors (Lipinski definition) is 2. The summed E-state index contributed by atoms with van der Waals surface area (Å²) in [7, 11) is 0. The molecule has 0 spiro atoms. The van der Waals surface area contributed by atoms with Crippen LogP contribution in [0.5, 0.6) is 0 Å². The van der Waals surface area contributed by atoms with Crippen LogP contribution in [0.1, 0.15) is 56.7 Å². The molecule has 0 aliphatic carbocycles. The fourth-order valence-electron chi connectivity index (χ4n) is 3.34. The maximum absolute atomic E-state index is 13.3. The first kappa shape index (κ1) is 25.2. The number of carbonyl (C=O) groups excluding carboxylic acids is 2. The summed E-state index contributed by atoms with van der Waals surface area (Å²) in [4.78, 5) is 27.9. The molecule has 0 aliphatic rings. The third-order valence-electron chi connectivity index (χ3n) is 5.47. The van der Waals surface area contributed by atoms with Crippen molar-refractivity contribution in [2.24, 2.45) is 0 Å². The van der Waals surface area contributed by atoms with Gasteiger partial charge in [-0.2, -0.15) is 0 Å². The molecule has 0 aliphatic heterocycles. The number of nitrogens with one attached hydrogen (secondary N) is 1. The minimum Gasteiger partial charge on any atom is -0.352 e. The van der Waals surface area contributed by atoms with Gasteiger partial charge in [0.25, 0.3) is 0 Å². The van der Waals surface area contributed by atoms with Crippen molar-refractivity contribution in [3.63, 3.8) is 0 Å². The third kappa shape index (κ3) is 7.55. The molecule has 0 fully saturated rings. The highest BCUT2D eigenvalue weighted by molar-refractivity contribution is 6.42. The van der Waals surface area contributed by atoms with E-state index in [0.29, 0.717) is 35.9 Å². The van der Waals surface area contributed by atoms with Gasteiger partial charge in [0.05, 0.1) is 10.0 Å². The number of hydrogen-bond donors (Lipinski definition) is 1. The van der Waals surface area contributed by atoms with Crippen LogP contribution in [0.4, 0.5) is 0 Å². The van der Waals surface area contributed by atoms with Gasteiger partial charge in [0.2, 0.25) is 11.8 Å². The predicted molar refractivity (Wildman–Crippen MR) is 128 cm³/mol. The molecule has 0 saturated carbocycles. The highest BCUT2D eigenvalue weighted by atomic mass is 35.5. The Bertz CT molecular complexity index is 884. The molecular formula is C25H32Cl2N2O2. The zero-order valence-electron chi connectivity index (χ0n) is 18.8. The van der Waals surface area contributed by atoms with E-state index in [1.807, 2.05) is 58.0 Å². The van der Waals surface area contributed by atoms with Gasteiger partial charge in [-0.3, -0.25) is 9.59 Å². The summed E-state index contributed by atoms with van der Waals surface area (Å²) in [6, 6.07) is 13.0. The van der Waals surface area contributed by atoms with E-state index in [0.717, 1.165) is 17.5 Å². The van der Waals surface area contributed by atoms with Gasteiger partial charge in [-0.15, -0.1) is 0 Å². The van der Waals surface area contributed by atoms with Gasteiger partial charge in [0.15, 0.2) is 0 Å². The van der Waals surface area contributed by atoms with Crippen LogP contribution in [-0.4, -0.2) is 28.8 Å². The van der Waals surface area contributed by atoms with Crippen molar-refractivity contribution in [2.45, 2.75) is 72.0 Å². The molecule has 2 atom stereocenters. The Hall–Kier alpha value is -2.04. The van der Waals surface area contributed by atoms with Gasteiger partial charge in [-0.05, 0) is 56.4 Å². The standard InChI is InChI=1S/C25H32Cl2N2O2/c1-5-18(4)28-25(31)23(6-2)29(16-20-11-13-21(26)22(27)15-20)24(30)14-12-19-9-7-17(3)8-10-19/h7-11,13,15,18,23H,5-6,12,14,16H2,1-4H3,(H,28,31)/t18-,23-/m1/s1. The maximum Gasteiger partial charge on any atom is 0.243 e. The molecule has 1 N–H and O–H groups in total. The van der Waals surface area contributed by atoms with Crippen LogP contribution >= 0.6 is 23.2 Å². The molecule has 0 bridgehead atoms. The molecule has 168 valence electrons. The Labute approximate surface area is 195 Å². The van der Waals surface area contributed by atoms with Gasteiger partial charge >= 0.3 is 0 Å². The third-order valence-corrected chi connectivity index (χ3v) is 6.21. The summed E-state index contributed by atoms with van der Waals surface area (Å²) in [5.74, 6) is -0.182. The van der Waals surface area contributed by atoms with Crippen LogP contribution in [0.2, 0.25) is 10.0 Å². The highest BCUT2D eigenvalue weighted by Crippen LogP contribution is 2.24. The quantitative estimate of drug-likeness (QED) is 0.473. The number of carbonyl (C=O) groups is 2. The second-order valence-corrected chi connectivity index (χ2v) is 8.81. The van der Waals surface area contributed by atoms with E-state index in [-0.39, 0.29) is 17.9 Å². The van der Waals surface area contributed by atoms with Crippen LogP contribution in [0.25, 0.3) is 0 Å². The molecule has 2 rings (SSSR count). The van der Waals surface area contributed by atoms with E-state index in [1.54, 1.807) is 17.0 Å². The molecule has 0 aromatic heterocycles. The van der Waals surface area contributed by atoms with Crippen molar-refractivity contribution in [1.82, 2.24) is 10.2 Å². The van der Waals surface area contributed by atoms with Gasteiger partial charge in [0, 0.05) is 19.0 Å². The normalized spacial score (nSPS) is 12.8. The number of nitrogens with zero attached hydrogens (tertiary/aromatic N) is 1. The number of amides is 2. The molecular weight excluding hydrogens is 431 g/mol. The van der Waals surface area contributed by atoms with Crippen molar-refractivity contribution < 1.29 is 9.59 Å². The summed E-state index contributed by atoms with van der Waals surface area (Å²) >= 11 is 12.2. The zero-order chi connectivity index (χ0) is 23.0. The van der Waals surface area contributed by atoms with Crippen LogP contribution in [0.15, 0.2) is 42.5 Å². The Morgan fingerprint density at radius 2 is 1.61 bits per heavy atom. The van der Waals surface area contributed by atoms with Crippen molar-refractivity contribution in [2.75, 3.05) is 0 Å². The lowest BCUT2D eigenvalue weighted by atomic mass is 10.0. The smallest absolute Gasteiger partial charge is 0.243 e. The summed E-state index contributed by atoms with van der Waals surface area (Å²) in [6.45, 7) is 8.25. The van der Waals surface area contributed by atoms with E-state index in [9.17, 15) is 9.59 Å². The van der Waals surface area contributed by atoms with Gasteiger partial charge < -0.3 is 10.2 Å². The van der Waals surface area contributed by atoms with E-state index in [1.165, 1.54) is 5.56 Å². The fourth-order valence-corrected chi connectivity index (χ4v) is 3.67. The lowest BCUT2D eigenvalue weighted by molar-refractivity contribution is -0.141. The molecule has 31 heavy (non-hydrogen) atoms. The second-order valence-electron chi connectivity index (χ2n) is 8.00. The topological polar surface area (TPSA) is 49.4 Å². The summed E-state index contributed by atoms with van der Waals surface area (Å²) < 4.78 is 0. The molecule has 0 heterocycles. The summed E-state index contributed by atoms with van der Waals surface area (Å²) in [5.41, 5.74) is 3.13. The first-order valence-electron chi connectivity index (χ1n) is 10.8. The molecule has 0 radical (unpaired) electrons. The summed E-state index contributed by atoms with van der Waals surface area (Å²) in [5, 5.41) is 3.92. The molecule has 0 unspecified atom stereocenters. The first-order valence-corrected chi connectivity index (χ1v) is 11.6. The van der Waals surface area contributed by atoms with Crippen LogP contribution in [0.3, 0.4) is 0 Å². The zero-order valence-corrected chi connectivity index (χ0v) is 20.3. The maximum atomic E-state index is 13.3. The SMILES string of the molecule is CC[C@@H](C)NC(=O)[C@@H](CC)N(Cc1ccc(Cl)c(Cl)c1)C(=O)CCc1ccc(C)cc1. The average Bonchev–Trinajstić information content (AvgIpc) is 2.75. The highest BCUT2D eigenvalue weighted by Gasteiger charge is 2.29. The molecule has 2 aromatic rings. The van der Waals surface area contributed by atoms with E-state index in [4.69, 9.17) is 23.2 Å². The fraction of sp³-hybridized carbons (Fsp3) is 0.440. The van der Waals surface area contributed by atoms with E-state index >= 15 is 0 Å². The second kappa shape index (κ2) is 12.1. The van der Waals surface area contributed by atoms with Gasteiger partial charge in [0.1, 0.15) is 6.04 Å². The Kier molecular flexibility index (Phi) is 9.86. The summed E-state index contributed by atoms with van der Waals surface area (Å²) in [6.07, 6.45) is 2.31. The lowest BCUT2D eigenvalue weighted by Crippen LogP contribution is -2.50. The van der Waals surface area contributed by atoms with Crippen molar-refractivity contribution in [1.29, 1.82) is 0 Å². The van der Waals surface area contributed by atoms with Crippen LogP contribution in [0, 0.1) is 6.92 Å². The van der Waals surface area contributed by atoms with Crippen LogP contribution in [-0.2, 0) is 22.6 Å². The van der Waals surface area contributed by atoms with E-state index < -0.39 is 6.04 Å². The van der Waals surface area contributed by atoms with Gasteiger partial charge in [-0.1, -0.05) is 72.9 Å². The number of halogens is 2. The molecule has 6 heteroatoms. The largest absolute Gasteiger partial charge is 0.352 e. The lowest BCUT2D eigenvalue weighted by Gasteiger charge is -2.31. The monoisotopic (exact) mass is 462 g/mol. The van der Waals surface area contributed by atoms with E-state index in [2.05, 4.69) is 5.32 Å².